The van der Waals surface area contributed by atoms with Crippen molar-refractivity contribution in [2.75, 3.05) is 13.2 Å². The summed E-state index contributed by atoms with van der Waals surface area (Å²) in [5, 5.41) is 1.26. The third-order valence-corrected chi connectivity index (χ3v) is 5.23. The minimum absolute atomic E-state index is 0.172. The van der Waals surface area contributed by atoms with Crippen LogP contribution in [-0.4, -0.2) is 25.2 Å². The van der Waals surface area contributed by atoms with Gasteiger partial charge in [0.25, 0.3) is 0 Å². The fourth-order valence-corrected chi connectivity index (χ4v) is 3.34. The highest BCUT2D eigenvalue weighted by molar-refractivity contribution is 6.01. The van der Waals surface area contributed by atoms with Crippen LogP contribution in [0, 0.1) is 10.8 Å². The first kappa shape index (κ1) is 29.5. The van der Waals surface area contributed by atoms with Crippen LogP contribution in [0.25, 0.3) is 10.8 Å². The zero-order valence-electron chi connectivity index (χ0n) is 23.4. The number of benzene rings is 2. The molecule has 0 unspecified atom stereocenters. The molecule has 0 fully saturated rings. The van der Waals surface area contributed by atoms with Crippen molar-refractivity contribution in [2.45, 2.75) is 93.9 Å². The lowest BCUT2D eigenvalue weighted by molar-refractivity contribution is -0.135. The van der Waals surface area contributed by atoms with Crippen molar-refractivity contribution in [1.29, 1.82) is 0 Å². The fourth-order valence-electron chi connectivity index (χ4n) is 3.34. The van der Waals surface area contributed by atoms with Gasteiger partial charge in [0.1, 0.15) is 0 Å². The summed E-state index contributed by atoms with van der Waals surface area (Å²) in [6.07, 6.45) is 3.83. The number of hydrogen-bond donors (Lipinski definition) is 0. The van der Waals surface area contributed by atoms with E-state index >= 15 is 0 Å². The number of fused-ring (bicyclic) bond motifs is 1. The van der Waals surface area contributed by atoms with Gasteiger partial charge in [-0.25, -0.2) is 0 Å². The molecule has 2 rings (SSSR count). The smallest absolute Gasteiger partial charge is 0.311 e. The summed E-state index contributed by atoms with van der Waals surface area (Å²) in [5.41, 5.74) is -0.344. The predicted molar refractivity (Wildman–Crippen MR) is 144 cm³/mol. The average Bonchev–Trinajstić information content (AvgIpc) is 2.79. The molecule has 0 atom stereocenters. The first-order valence-corrected chi connectivity index (χ1v) is 13.1. The minimum Gasteiger partial charge on any atom is -0.486 e. The van der Waals surface area contributed by atoms with Gasteiger partial charge in [0.2, 0.25) is 11.5 Å². The van der Waals surface area contributed by atoms with Gasteiger partial charge < -0.3 is 18.9 Å². The molecule has 0 N–H and O–H groups in total. The third-order valence-electron chi connectivity index (χ3n) is 5.23. The van der Waals surface area contributed by atoms with Gasteiger partial charge >= 0.3 is 11.9 Å². The maximum atomic E-state index is 12.8. The Morgan fingerprint density at radius 3 is 1.31 bits per heavy atom. The molecule has 0 saturated carbocycles. The van der Waals surface area contributed by atoms with Gasteiger partial charge in [-0.3, -0.25) is 9.59 Å². The van der Waals surface area contributed by atoms with Crippen molar-refractivity contribution in [3.05, 3.63) is 24.3 Å². The second-order valence-electron chi connectivity index (χ2n) is 11.7. The summed E-state index contributed by atoms with van der Waals surface area (Å²) in [6.45, 7) is 17.1. The van der Waals surface area contributed by atoms with Crippen LogP contribution in [0.15, 0.2) is 24.3 Å². The van der Waals surface area contributed by atoms with Gasteiger partial charge in [0, 0.05) is 23.6 Å². The molecule has 0 aliphatic carbocycles. The number of ether oxygens (including phenoxy) is 4. The zero-order chi connectivity index (χ0) is 26.9. The largest absolute Gasteiger partial charge is 0.486 e. The lowest BCUT2D eigenvalue weighted by atomic mass is 9.98. The first-order valence-electron chi connectivity index (χ1n) is 13.1. The van der Waals surface area contributed by atoms with Crippen LogP contribution < -0.4 is 18.9 Å². The number of esters is 2. The van der Waals surface area contributed by atoms with Crippen LogP contribution in [0.5, 0.6) is 23.0 Å². The standard InChI is InChI=1S/C30H44O6/c1-9-11-17-23(31)35-25-21-15-13-14-16-22(21)26(36-24(32)18-12-10-2)28(34-20-30(6,7)8)27(25)33-19-29(3,4)5/h13-16H,9-12,17-20H2,1-8H3. The van der Waals surface area contributed by atoms with E-state index in [1.165, 1.54) is 0 Å². The molecule has 0 aliphatic heterocycles. The van der Waals surface area contributed by atoms with E-state index in [9.17, 15) is 9.59 Å². The first-order chi connectivity index (χ1) is 16.9. The van der Waals surface area contributed by atoms with Gasteiger partial charge in [-0.2, -0.15) is 0 Å². The highest BCUT2D eigenvalue weighted by atomic mass is 16.6. The summed E-state index contributed by atoms with van der Waals surface area (Å²) in [5.74, 6) is 0.502. The predicted octanol–water partition coefficient (Wildman–Crippen LogP) is 7.88. The highest BCUT2D eigenvalue weighted by Gasteiger charge is 2.29. The second-order valence-corrected chi connectivity index (χ2v) is 11.7. The van der Waals surface area contributed by atoms with E-state index in [1.54, 1.807) is 0 Å². The topological polar surface area (TPSA) is 71.1 Å². The zero-order valence-corrected chi connectivity index (χ0v) is 23.4. The van der Waals surface area contributed by atoms with E-state index in [1.807, 2.05) is 38.1 Å². The molecule has 0 aliphatic rings. The Hall–Kier alpha value is -2.76. The van der Waals surface area contributed by atoms with Crippen molar-refractivity contribution >= 4 is 22.7 Å². The molecule has 200 valence electrons. The Kier molecular flexibility index (Phi) is 10.6. The highest BCUT2D eigenvalue weighted by Crippen LogP contribution is 2.52. The van der Waals surface area contributed by atoms with Gasteiger partial charge in [-0.1, -0.05) is 92.5 Å². The minimum atomic E-state index is -0.336. The van der Waals surface area contributed by atoms with Gasteiger partial charge in [0.05, 0.1) is 13.2 Å². The van der Waals surface area contributed by atoms with Crippen LogP contribution in [0.1, 0.15) is 93.9 Å². The monoisotopic (exact) mass is 500 g/mol. The molecule has 2 aromatic carbocycles. The van der Waals surface area contributed by atoms with Crippen LogP contribution in [-0.2, 0) is 9.59 Å². The Labute approximate surface area is 216 Å². The van der Waals surface area contributed by atoms with Crippen LogP contribution in [0.3, 0.4) is 0 Å². The summed E-state index contributed by atoms with van der Waals surface area (Å²) in [6, 6.07) is 7.41. The normalized spacial score (nSPS) is 11.9. The summed E-state index contributed by atoms with van der Waals surface area (Å²) in [7, 11) is 0. The molecular formula is C30H44O6. The van der Waals surface area contributed by atoms with Crippen LogP contribution >= 0.6 is 0 Å². The number of hydrogen-bond acceptors (Lipinski definition) is 6. The van der Waals surface area contributed by atoms with E-state index in [0.717, 1.165) is 25.7 Å². The van der Waals surface area contributed by atoms with Crippen molar-refractivity contribution in [2.24, 2.45) is 10.8 Å². The molecule has 0 bridgehead atoms. The molecule has 36 heavy (non-hydrogen) atoms. The summed E-state index contributed by atoms with van der Waals surface area (Å²) < 4.78 is 24.5. The van der Waals surface area contributed by atoms with E-state index in [0.29, 0.717) is 48.3 Å². The quantitative estimate of drug-likeness (QED) is 0.218. The Morgan fingerprint density at radius 2 is 1.00 bits per heavy atom. The Morgan fingerprint density at radius 1 is 0.639 bits per heavy atom. The van der Waals surface area contributed by atoms with Gasteiger partial charge in [-0.15, -0.1) is 0 Å². The van der Waals surface area contributed by atoms with Crippen LogP contribution in [0.4, 0.5) is 0 Å². The average molecular weight is 501 g/mol. The van der Waals surface area contributed by atoms with E-state index in [-0.39, 0.29) is 34.3 Å². The number of unbranched alkanes of at least 4 members (excludes halogenated alkanes) is 2. The van der Waals surface area contributed by atoms with Crippen molar-refractivity contribution in [1.82, 2.24) is 0 Å². The molecule has 2 aromatic rings. The molecular weight excluding hydrogens is 456 g/mol. The third kappa shape index (κ3) is 9.03. The van der Waals surface area contributed by atoms with E-state index in [4.69, 9.17) is 18.9 Å². The maximum Gasteiger partial charge on any atom is 0.311 e. The van der Waals surface area contributed by atoms with Crippen molar-refractivity contribution < 1.29 is 28.5 Å². The number of rotatable bonds is 12. The maximum absolute atomic E-state index is 12.8. The van der Waals surface area contributed by atoms with Crippen LogP contribution in [0.2, 0.25) is 0 Å². The molecule has 6 nitrogen and oxygen atoms in total. The molecule has 0 saturated heterocycles. The molecule has 0 spiro atoms. The molecule has 0 amide bonds. The summed E-state index contributed by atoms with van der Waals surface area (Å²) in [4.78, 5) is 25.5. The lowest BCUT2D eigenvalue weighted by Crippen LogP contribution is -2.21. The molecule has 0 radical (unpaired) electrons. The summed E-state index contributed by atoms with van der Waals surface area (Å²) >= 11 is 0. The fraction of sp³-hybridized carbons (Fsp3) is 0.600. The van der Waals surface area contributed by atoms with Crippen molar-refractivity contribution in [3.8, 4) is 23.0 Å². The second kappa shape index (κ2) is 13.0. The molecule has 0 aromatic heterocycles. The van der Waals surface area contributed by atoms with Gasteiger partial charge in [0.15, 0.2) is 11.5 Å². The Bertz CT molecular complexity index is 944. The number of carbonyl (C=O) groups excluding carboxylic acids is 2. The molecule has 6 heteroatoms. The lowest BCUT2D eigenvalue weighted by Gasteiger charge is -2.26. The van der Waals surface area contributed by atoms with Crippen molar-refractivity contribution in [3.63, 3.8) is 0 Å². The molecule has 0 heterocycles. The Balaban J connectivity index is 2.77. The number of carbonyl (C=O) groups is 2. The van der Waals surface area contributed by atoms with E-state index in [2.05, 4.69) is 41.5 Å². The van der Waals surface area contributed by atoms with E-state index < -0.39 is 0 Å². The SMILES string of the molecule is CCCCC(=O)Oc1c(OCC(C)(C)C)c(OCC(C)(C)C)c(OC(=O)CCCC)c2ccccc12. The van der Waals surface area contributed by atoms with Gasteiger partial charge in [-0.05, 0) is 23.7 Å².